The summed E-state index contributed by atoms with van der Waals surface area (Å²) in [6, 6.07) is 12.4. The van der Waals surface area contributed by atoms with Gasteiger partial charge >= 0.3 is 5.97 Å². The molecule has 5 nitrogen and oxygen atoms in total. The number of thiazole rings is 1. The van der Waals surface area contributed by atoms with E-state index in [1.54, 1.807) is 29.5 Å². The van der Waals surface area contributed by atoms with Crippen LogP contribution in [0.25, 0.3) is 10.4 Å². The second kappa shape index (κ2) is 10.0. The smallest absolute Gasteiger partial charge is 0.303 e. The summed E-state index contributed by atoms with van der Waals surface area (Å²) in [6.45, 7) is 0. The number of carboxylic acids is 1. The number of benzene rings is 2. The number of carbonyl (C=O) groups is 2. The Kier molecular flexibility index (Phi) is 7.13. The largest absolute Gasteiger partial charge is 0.481 e. The SMILES string of the molecule is O=C(O)CC1CCC(c2ncc(-c3ccc(NC(=O)c4ccc(Cl)cc4Cl)cc3)s2)CC1. The average molecular weight is 489 g/mol. The number of hydrogen-bond donors (Lipinski definition) is 2. The first-order valence-corrected chi connectivity index (χ1v) is 12.0. The van der Waals surface area contributed by atoms with E-state index in [0.717, 1.165) is 41.1 Å². The molecular formula is C24H22Cl2N2O3S. The van der Waals surface area contributed by atoms with Gasteiger partial charge in [0, 0.05) is 29.2 Å². The number of carbonyl (C=O) groups excluding carboxylic acids is 1. The Labute approximate surface area is 200 Å². The van der Waals surface area contributed by atoms with Crippen LogP contribution in [0.15, 0.2) is 48.7 Å². The molecule has 4 rings (SSSR count). The van der Waals surface area contributed by atoms with Crippen LogP contribution in [0.5, 0.6) is 0 Å². The van der Waals surface area contributed by atoms with Gasteiger partial charge in [-0.05, 0) is 67.5 Å². The highest BCUT2D eigenvalue weighted by atomic mass is 35.5. The minimum absolute atomic E-state index is 0.267. The lowest BCUT2D eigenvalue weighted by atomic mass is 9.81. The number of nitrogens with zero attached hydrogens (tertiary/aromatic N) is 1. The number of aromatic nitrogens is 1. The number of halogens is 2. The van der Waals surface area contributed by atoms with Gasteiger partial charge in [0.1, 0.15) is 0 Å². The Balaban J connectivity index is 1.38. The first-order valence-electron chi connectivity index (χ1n) is 10.4. The van der Waals surface area contributed by atoms with Crippen LogP contribution in [-0.2, 0) is 4.79 Å². The third-order valence-corrected chi connectivity index (χ3v) is 7.54. The van der Waals surface area contributed by atoms with E-state index in [0.29, 0.717) is 27.2 Å². The van der Waals surface area contributed by atoms with Gasteiger partial charge in [0.05, 0.1) is 20.5 Å². The zero-order valence-corrected chi connectivity index (χ0v) is 19.5. The lowest BCUT2D eigenvalue weighted by molar-refractivity contribution is -0.138. The summed E-state index contributed by atoms with van der Waals surface area (Å²) in [5, 5.41) is 13.7. The van der Waals surface area contributed by atoms with E-state index in [1.165, 1.54) is 0 Å². The van der Waals surface area contributed by atoms with Crippen molar-refractivity contribution in [3.05, 3.63) is 69.3 Å². The molecule has 8 heteroatoms. The molecule has 1 amide bonds. The summed E-state index contributed by atoms with van der Waals surface area (Å²) in [5.41, 5.74) is 2.08. The minimum Gasteiger partial charge on any atom is -0.481 e. The molecule has 166 valence electrons. The molecule has 1 fully saturated rings. The number of anilines is 1. The molecule has 2 aromatic carbocycles. The second-order valence-electron chi connectivity index (χ2n) is 8.03. The summed E-state index contributed by atoms with van der Waals surface area (Å²) < 4.78 is 0. The van der Waals surface area contributed by atoms with Crippen LogP contribution in [0.2, 0.25) is 10.0 Å². The lowest BCUT2D eigenvalue weighted by Crippen LogP contribution is -2.16. The fourth-order valence-corrected chi connectivity index (χ4v) is 5.65. The van der Waals surface area contributed by atoms with Gasteiger partial charge in [-0.2, -0.15) is 0 Å². The number of rotatable bonds is 6. The van der Waals surface area contributed by atoms with E-state index < -0.39 is 5.97 Å². The van der Waals surface area contributed by atoms with Gasteiger partial charge in [-0.3, -0.25) is 9.59 Å². The maximum Gasteiger partial charge on any atom is 0.303 e. The van der Waals surface area contributed by atoms with Crippen LogP contribution < -0.4 is 5.32 Å². The molecule has 3 aromatic rings. The van der Waals surface area contributed by atoms with Crippen molar-refractivity contribution in [3.63, 3.8) is 0 Å². The van der Waals surface area contributed by atoms with Gasteiger partial charge in [0.2, 0.25) is 0 Å². The molecule has 0 bridgehead atoms. The van der Waals surface area contributed by atoms with Crippen LogP contribution in [-0.4, -0.2) is 22.0 Å². The standard InChI is InChI=1S/C24H22Cl2N2O3S/c25-17-7-10-19(20(26)12-17)23(31)28-18-8-5-15(6-9-18)21-13-27-24(32-21)16-3-1-14(2-4-16)11-22(29)30/h5-10,12-14,16H,1-4,11H2,(H,28,31)(H,29,30). The third kappa shape index (κ3) is 5.49. The molecule has 1 saturated carbocycles. The number of aliphatic carboxylic acids is 1. The van der Waals surface area contributed by atoms with E-state index in [1.807, 2.05) is 30.5 Å². The Morgan fingerprint density at radius 3 is 2.44 bits per heavy atom. The summed E-state index contributed by atoms with van der Waals surface area (Å²) in [7, 11) is 0. The monoisotopic (exact) mass is 488 g/mol. The van der Waals surface area contributed by atoms with Crippen molar-refractivity contribution in [1.29, 1.82) is 0 Å². The highest BCUT2D eigenvalue weighted by molar-refractivity contribution is 7.15. The van der Waals surface area contributed by atoms with Crippen molar-refractivity contribution in [2.24, 2.45) is 5.92 Å². The number of amides is 1. The zero-order chi connectivity index (χ0) is 22.7. The van der Waals surface area contributed by atoms with E-state index in [4.69, 9.17) is 28.3 Å². The first-order chi connectivity index (χ1) is 15.4. The maximum atomic E-state index is 12.5. The molecule has 0 radical (unpaired) electrons. The highest BCUT2D eigenvalue weighted by Gasteiger charge is 2.26. The number of nitrogens with one attached hydrogen (secondary N) is 1. The molecule has 32 heavy (non-hydrogen) atoms. The molecular weight excluding hydrogens is 467 g/mol. The molecule has 1 aromatic heterocycles. The van der Waals surface area contributed by atoms with Gasteiger partial charge in [-0.25, -0.2) is 4.98 Å². The molecule has 0 saturated heterocycles. The Bertz CT molecular complexity index is 1120. The zero-order valence-electron chi connectivity index (χ0n) is 17.2. The van der Waals surface area contributed by atoms with E-state index in [-0.39, 0.29) is 18.2 Å². The summed E-state index contributed by atoms with van der Waals surface area (Å²) in [5.74, 6) is -0.311. The van der Waals surface area contributed by atoms with Gasteiger partial charge in [0.25, 0.3) is 5.91 Å². The van der Waals surface area contributed by atoms with Crippen molar-refractivity contribution in [2.45, 2.75) is 38.0 Å². The van der Waals surface area contributed by atoms with Gasteiger partial charge < -0.3 is 10.4 Å². The van der Waals surface area contributed by atoms with Crippen molar-refractivity contribution >= 4 is 52.1 Å². The fraction of sp³-hybridized carbons (Fsp3) is 0.292. The van der Waals surface area contributed by atoms with Crippen LogP contribution in [0.3, 0.4) is 0 Å². The minimum atomic E-state index is -0.708. The highest BCUT2D eigenvalue weighted by Crippen LogP contribution is 2.40. The molecule has 1 heterocycles. The maximum absolute atomic E-state index is 12.5. The Morgan fingerprint density at radius 1 is 1.06 bits per heavy atom. The van der Waals surface area contributed by atoms with Gasteiger partial charge in [-0.15, -0.1) is 11.3 Å². The molecule has 0 atom stereocenters. The molecule has 1 aliphatic rings. The van der Waals surface area contributed by atoms with Crippen LogP contribution in [0, 0.1) is 5.92 Å². The van der Waals surface area contributed by atoms with Crippen molar-refractivity contribution in [3.8, 4) is 10.4 Å². The van der Waals surface area contributed by atoms with E-state index in [2.05, 4.69) is 10.3 Å². The molecule has 0 unspecified atom stereocenters. The Hall–Kier alpha value is -2.41. The molecule has 0 spiro atoms. The van der Waals surface area contributed by atoms with E-state index in [9.17, 15) is 9.59 Å². The second-order valence-corrected chi connectivity index (χ2v) is 9.94. The predicted octanol–water partition coefficient (Wildman–Crippen LogP) is 7.12. The van der Waals surface area contributed by atoms with Crippen molar-refractivity contribution in [1.82, 2.24) is 4.98 Å². The quantitative estimate of drug-likeness (QED) is 0.387. The summed E-state index contributed by atoms with van der Waals surface area (Å²) in [4.78, 5) is 29.1. The van der Waals surface area contributed by atoms with Crippen LogP contribution in [0.4, 0.5) is 5.69 Å². The summed E-state index contributed by atoms with van der Waals surface area (Å²) >= 11 is 13.7. The Morgan fingerprint density at radius 2 is 1.78 bits per heavy atom. The summed E-state index contributed by atoms with van der Waals surface area (Å²) in [6.07, 6.45) is 6.02. The van der Waals surface area contributed by atoms with Gasteiger partial charge in [0.15, 0.2) is 0 Å². The molecule has 2 N–H and O–H groups in total. The van der Waals surface area contributed by atoms with Crippen molar-refractivity contribution < 1.29 is 14.7 Å². The van der Waals surface area contributed by atoms with Crippen molar-refractivity contribution in [2.75, 3.05) is 5.32 Å². The fourth-order valence-electron chi connectivity index (χ4n) is 4.06. The topological polar surface area (TPSA) is 79.3 Å². The molecule has 1 aliphatic carbocycles. The third-order valence-electron chi connectivity index (χ3n) is 5.79. The molecule has 0 aliphatic heterocycles. The number of hydrogen-bond acceptors (Lipinski definition) is 4. The van der Waals surface area contributed by atoms with Gasteiger partial charge in [-0.1, -0.05) is 35.3 Å². The average Bonchev–Trinajstić information content (AvgIpc) is 3.24. The van der Waals surface area contributed by atoms with Crippen LogP contribution >= 0.6 is 34.5 Å². The lowest BCUT2D eigenvalue weighted by Gasteiger charge is -2.26. The first kappa shape index (κ1) is 22.8. The van der Waals surface area contributed by atoms with E-state index >= 15 is 0 Å². The number of carboxylic acid groups (broad SMARTS) is 1. The normalized spacial score (nSPS) is 18.3. The predicted molar refractivity (Wildman–Crippen MR) is 129 cm³/mol. The van der Waals surface area contributed by atoms with Crippen LogP contribution in [0.1, 0.15) is 53.4 Å².